The molecular weight excluding hydrogens is 589 g/mol. The monoisotopic (exact) mass is 637 g/mol. The molecule has 2 aliphatic heterocycles. The summed E-state index contributed by atoms with van der Waals surface area (Å²) in [5.41, 5.74) is 2.94. The number of rotatable bonds is 11. The first-order valence-corrected chi connectivity index (χ1v) is 16.8. The van der Waals surface area contributed by atoms with E-state index >= 15 is 4.39 Å². The van der Waals surface area contributed by atoms with Gasteiger partial charge in [0.25, 0.3) is 0 Å². The lowest BCUT2D eigenvalue weighted by molar-refractivity contribution is -0.137. The first-order valence-electron chi connectivity index (χ1n) is 16.8. The van der Waals surface area contributed by atoms with Crippen LogP contribution in [0.5, 0.6) is 0 Å². The molecular formula is C34H48FN7O4. The molecule has 3 amide bonds. The van der Waals surface area contributed by atoms with Crippen LogP contribution in [0.1, 0.15) is 79.2 Å². The lowest BCUT2D eigenvalue weighted by Crippen LogP contribution is -2.54. The Kier molecular flexibility index (Phi) is 11.2. The number of likely N-dealkylation sites (N-methyl/N-ethyl adjacent to an activating group) is 1. The van der Waals surface area contributed by atoms with E-state index in [4.69, 9.17) is 0 Å². The number of carbonyl (C=O) groups is 4. The van der Waals surface area contributed by atoms with Gasteiger partial charge in [-0.3, -0.25) is 23.9 Å². The molecule has 3 aliphatic rings. The Morgan fingerprint density at radius 3 is 2.50 bits per heavy atom. The molecule has 12 heteroatoms. The van der Waals surface area contributed by atoms with E-state index in [1.165, 1.54) is 12.1 Å². The summed E-state index contributed by atoms with van der Waals surface area (Å²) in [6.07, 6.45) is 5.97. The van der Waals surface area contributed by atoms with Crippen molar-refractivity contribution in [3.63, 3.8) is 0 Å². The summed E-state index contributed by atoms with van der Waals surface area (Å²) in [4.78, 5) is 56.9. The molecule has 2 fully saturated rings. The maximum atomic E-state index is 15.5. The fraction of sp³-hybridized carbons (Fsp3) is 0.618. The number of amides is 3. The van der Waals surface area contributed by atoms with Crippen LogP contribution in [-0.2, 0) is 40.8 Å². The summed E-state index contributed by atoms with van der Waals surface area (Å²) in [5.74, 6) is -2.16. The van der Waals surface area contributed by atoms with Crippen molar-refractivity contribution < 1.29 is 23.6 Å². The lowest BCUT2D eigenvalue weighted by atomic mass is 9.77. The van der Waals surface area contributed by atoms with Gasteiger partial charge in [-0.25, -0.2) is 4.39 Å². The number of ketones is 1. The van der Waals surface area contributed by atoms with Crippen LogP contribution in [0.4, 0.5) is 10.1 Å². The minimum Gasteiger partial charge on any atom is -0.344 e. The van der Waals surface area contributed by atoms with Crippen molar-refractivity contribution in [2.24, 2.45) is 18.9 Å². The predicted molar refractivity (Wildman–Crippen MR) is 173 cm³/mol. The van der Waals surface area contributed by atoms with Crippen LogP contribution < -0.4 is 16.0 Å². The number of nitrogens with one attached hydrogen (secondary N) is 3. The Bertz CT molecular complexity index is 1430. The summed E-state index contributed by atoms with van der Waals surface area (Å²) >= 11 is 0. The maximum Gasteiger partial charge on any atom is 0.245 e. The Morgan fingerprint density at radius 1 is 1.07 bits per heavy atom. The third-order valence-electron chi connectivity index (χ3n) is 9.84. The van der Waals surface area contributed by atoms with Crippen molar-refractivity contribution in [1.29, 1.82) is 0 Å². The molecule has 1 saturated carbocycles. The Morgan fingerprint density at radius 2 is 1.80 bits per heavy atom. The normalized spacial score (nSPS) is 18.8. The molecule has 3 N–H and O–H groups in total. The molecule has 2 atom stereocenters. The van der Waals surface area contributed by atoms with Crippen LogP contribution in [0.25, 0.3) is 0 Å². The van der Waals surface area contributed by atoms with Gasteiger partial charge >= 0.3 is 0 Å². The Hall–Kier alpha value is -3.64. The van der Waals surface area contributed by atoms with Gasteiger partial charge in [0, 0.05) is 89.2 Å². The van der Waals surface area contributed by atoms with Gasteiger partial charge in [0.2, 0.25) is 17.7 Å². The Balaban J connectivity index is 1.29. The fourth-order valence-corrected chi connectivity index (χ4v) is 7.04. The lowest BCUT2D eigenvalue weighted by Gasteiger charge is -2.34. The van der Waals surface area contributed by atoms with Gasteiger partial charge in [-0.2, -0.15) is 5.10 Å². The Labute approximate surface area is 270 Å². The number of Topliss-reactive ketones (excluding diaryl/α,β-unsaturated/α-hetero) is 1. The minimum atomic E-state index is -0.815. The highest BCUT2D eigenvalue weighted by atomic mass is 19.1. The van der Waals surface area contributed by atoms with Crippen molar-refractivity contribution in [2.75, 3.05) is 45.1 Å². The van der Waals surface area contributed by atoms with Crippen LogP contribution in [0.2, 0.25) is 0 Å². The van der Waals surface area contributed by atoms with Crippen LogP contribution in [-0.4, -0.2) is 88.9 Å². The second-order valence-electron chi connectivity index (χ2n) is 13.1. The number of anilines is 1. The second kappa shape index (κ2) is 15.3. The zero-order valence-corrected chi connectivity index (χ0v) is 27.4. The van der Waals surface area contributed by atoms with Crippen molar-refractivity contribution in [1.82, 2.24) is 30.2 Å². The zero-order valence-electron chi connectivity index (χ0n) is 27.4. The van der Waals surface area contributed by atoms with E-state index in [1.807, 2.05) is 14.1 Å². The third kappa shape index (κ3) is 8.01. The number of benzene rings is 1. The number of carbonyl (C=O) groups excluding carboxylic acids is 4. The molecule has 2 aromatic rings. The minimum absolute atomic E-state index is 0.0207. The average molecular weight is 638 g/mol. The number of aryl methyl sites for hydroxylation is 1. The van der Waals surface area contributed by atoms with E-state index < -0.39 is 17.8 Å². The van der Waals surface area contributed by atoms with Crippen molar-refractivity contribution in [3.05, 3.63) is 46.5 Å². The molecule has 1 aromatic carbocycles. The number of hydrogen-bond donors (Lipinski definition) is 3. The topological polar surface area (TPSA) is 129 Å². The molecule has 1 aromatic heterocycles. The highest BCUT2D eigenvalue weighted by molar-refractivity contribution is 6.01. The first-order chi connectivity index (χ1) is 22.1. The average Bonchev–Trinajstić information content (AvgIpc) is 3.41. The van der Waals surface area contributed by atoms with Crippen LogP contribution >= 0.6 is 0 Å². The summed E-state index contributed by atoms with van der Waals surface area (Å²) in [6.45, 7) is 5.76. The first kappa shape index (κ1) is 33.7. The highest BCUT2D eigenvalue weighted by Crippen LogP contribution is 2.34. The van der Waals surface area contributed by atoms with Crippen LogP contribution in [0.15, 0.2) is 18.2 Å². The SMILES string of the molecule is CCC(=O)N[C@H](Cc1ccc(NC(=O)[C@@H](CC(=O)c2nn(C)c3c2CNCC3)C2CCCCC2)c(F)c1)C(=O)N1CCN(C)CC1. The molecule has 5 rings (SSSR count). The number of halogens is 1. The van der Waals surface area contributed by atoms with Gasteiger partial charge in [0.05, 0.1) is 5.69 Å². The largest absolute Gasteiger partial charge is 0.344 e. The third-order valence-corrected chi connectivity index (χ3v) is 9.84. The molecule has 46 heavy (non-hydrogen) atoms. The predicted octanol–water partition coefficient (Wildman–Crippen LogP) is 2.82. The zero-order chi connectivity index (χ0) is 32.8. The molecule has 0 bridgehead atoms. The molecule has 3 heterocycles. The van der Waals surface area contributed by atoms with Gasteiger partial charge in [-0.05, 0) is 43.5 Å². The van der Waals surface area contributed by atoms with Crippen molar-refractivity contribution >= 4 is 29.2 Å². The molecule has 0 radical (unpaired) electrons. The molecule has 0 unspecified atom stereocenters. The summed E-state index contributed by atoms with van der Waals surface area (Å²) < 4.78 is 17.3. The van der Waals surface area contributed by atoms with E-state index in [0.717, 1.165) is 69.4 Å². The molecule has 11 nitrogen and oxygen atoms in total. The molecule has 1 aliphatic carbocycles. The smallest absolute Gasteiger partial charge is 0.245 e. The van der Waals surface area contributed by atoms with E-state index in [0.29, 0.717) is 30.9 Å². The number of fused-ring (bicyclic) bond motifs is 1. The highest BCUT2D eigenvalue weighted by Gasteiger charge is 2.35. The number of piperazine rings is 1. The standard InChI is InChI=1S/C34H48FN7O4/c1-4-31(44)37-28(34(46)42-16-14-40(2)15-17-42)19-22-10-11-27(26(35)18-22)38-33(45)24(23-8-6-5-7-9-23)20-30(43)32-25-21-36-13-12-29(25)41(3)39-32/h10-11,18,23-24,28,36H,4-9,12-17,19-21H2,1-3H3,(H,37,44)(H,38,45)/t24-,28+/m0/s1. The van der Waals surface area contributed by atoms with Crippen LogP contribution in [0.3, 0.4) is 0 Å². The summed E-state index contributed by atoms with van der Waals surface area (Å²) in [5, 5.41) is 13.4. The van der Waals surface area contributed by atoms with Crippen LogP contribution in [0, 0.1) is 17.7 Å². The number of aromatic nitrogens is 2. The van der Waals surface area contributed by atoms with Gasteiger partial charge in [0.1, 0.15) is 17.6 Å². The molecule has 0 spiro atoms. The summed E-state index contributed by atoms with van der Waals surface area (Å²) in [7, 11) is 3.85. The number of hydrogen-bond acceptors (Lipinski definition) is 7. The maximum absolute atomic E-state index is 15.5. The van der Waals surface area contributed by atoms with Gasteiger partial charge < -0.3 is 25.8 Å². The molecule has 250 valence electrons. The van der Waals surface area contributed by atoms with Gasteiger partial charge in [0.15, 0.2) is 5.78 Å². The van der Waals surface area contributed by atoms with E-state index in [2.05, 4.69) is 25.9 Å². The van der Waals surface area contributed by atoms with E-state index in [-0.39, 0.29) is 54.4 Å². The van der Waals surface area contributed by atoms with Crippen molar-refractivity contribution in [2.45, 2.75) is 77.3 Å². The number of nitrogens with zero attached hydrogens (tertiary/aromatic N) is 4. The second-order valence-corrected chi connectivity index (χ2v) is 13.1. The quantitative estimate of drug-likeness (QED) is 0.324. The van der Waals surface area contributed by atoms with Crippen molar-refractivity contribution in [3.8, 4) is 0 Å². The summed E-state index contributed by atoms with van der Waals surface area (Å²) in [6, 6.07) is 3.67. The van der Waals surface area contributed by atoms with Gasteiger partial charge in [-0.1, -0.05) is 32.3 Å². The molecule has 1 saturated heterocycles. The van der Waals surface area contributed by atoms with E-state index in [1.54, 1.807) is 22.6 Å². The van der Waals surface area contributed by atoms with Gasteiger partial charge in [-0.15, -0.1) is 0 Å². The fourth-order valence-electron chi connectivity index (χ4n) is 7.04. The van der Waals surface area contributed by atoms with E-state index in [9.17, 15) is 19.2 Å².